The molecule has 2 N–H and O–H groups in total. The zero-order valence-corrected chi connectivity index (χ0v) is 22.8. The molecule has 9 heteroatoms. The average molecular weight is 565 g/mol. The van der Waals surface area contributed by atoms with E-state index < -0.39 is 17.8 Å². The van der Waals surface area contributed by atoms with Gasteiger partial charge in [0.2, 0.25) is 0 Å². The number of urea groups is 1. The molecule has 0 radical (unpaired) electrons. The van der Waals surface area contributed by atoms with Crippen molar-refractivity contribution in [2.45, 2.75) is 20.1 Å². The second-order valence-corrected chi connectivity index (χ2v) is 9.29. The number of rotatable bonds is 10. The summed E-state index contributed by atoms with van der Waals surface area (Å²) in [5, 5.41) is 11.8. The van der Waals surface area contributed by atoms with Crippen LogP contribution in [0.5, 0.6) is 23.0 Å². The zero-order valence-electron chi connectivity index (χ0n) is 22.8. The number of amides is 4. The second kappa shape index (κ2) is 12.7. The van der Waals surface area contributed by atoms with Gasteiger partial charge in [0.1, 0.15) is 30.3 Å². The average Bonchev–Trinajstić information content (AvgIpc) is 3.00. The zero-order chi connectivity index (χ0) is 29.5. The van der Waals surface area contributed by atoms with E-state index in [1.54, 1.807) is 24.3 Å². The monoisotopic (exact) mass is 564 g/mol. The molecule has 4 aromatic carbocycles. The Morgan fingerprint density at radius 2 is 1.43 bits per heavy atom. The number of aromatic hydroxyl groups is 1. The lowest BCUT2D eigenvalue weighted by Gasteiger charge is -2.26. The Hall–Kier alpha value is -5.57. The smallest absolute Gasteiger partial charge is 0.335 e. The third-order valence-corrected chi connectivity index (χ3v) is 6.37. The van der Waals surface area contributed by atoms with E-state index in [-0.39, 0.29) is 23.6 Å². The Balaban J connectivity index is 1.34. The molecule has 0 spiro atoms. The number of carbonyl (C=O) groups is 3. The molecule has 1 aliphatic rings. The molecule has 0 aliphatic carbocycles. The number of carbonyl (C=O) groups excluding carboxylic acids is 3. The number of anilines is 1. The molecular weight excluding hydrogens is 536 g/mol. The number of phenolic OH excluding ortho intramolecular Hbond substituents is 1. The van der Waals surface area contributed by atoms with E-state index in [0.29, 0.717) is 36.0 Å². The standard InChI is InChI=1S/C33H28N2O7/c1-2-40-30-18-23(12-17-29(30)42-20-22-8-4-3-5-9-22)21-41-28-11-7-6-10-24(28)19-27-31(37)34-33(39)35(32(27)38)25-13-15-26(36)16-14-25/h3-19,36H,2,20-21H2,1H3,(H,34,37,39)/b27-19-. The van der Waals surface area contributed by atoms with Crippen molar-refractivity contribution < 1.29 is 33.7 Å². The maximum Gasteiger partial charge on any atom is 0.335 e. The highest BCUT2D eigenvalue weighted by molar-refractivity contribution is 6.39. The van der Waals surface area contributed by atoms with Crippen LogP contribution in [-0.4, -0.2) is 29.6 Å². The number of ether oxygens (including phenoxy) is 3. The van der Waals surface area contributed by atoms with Crippen molar-refractivity contribution in [1.82, 2.24) is 5.32 Å². The molecule has 0 atom stereocenters. The maximum absolute atomic E-state index is 13.2. The van der Waals surface area contributed by atoms with Crippen LogP contribution >= 0.6 is 0 Å². The summed E-state index contributed by atoms with van der Waals surface area (Å²) in [5.74, 6) is 0.00168. The van der Waals surface area contributed by atoms with Crippen LogP contribution in [-0.2, 0) is 22.8 Å². The highest BCUT2D eigenvalue weighted by Crippen LogP contribution is 2.31. The molecule has 0 bridgehead atoms. The van der Waals surface area contributed by atoms with Gasteiger partial charge in [-0.05, 0) is 66.6 Å². The topological polar surface area (TPSA) is 114 Å². The number of para-hydroxylation sites is 1. The van der Waals surface area contributed by atoms with Crippen LogP contribution < -0.4 is 24.4 Å². The Kier molecular flexibility index (Phi) is 8.48. The van der Waals surface area contributed by atoms with E-state index in [9.17, 15) is 19.5 Å². The fourth-order valence-corrected chi connectivity index (χ4v) is 4.31. The molecule has 1 saturated heterocycles. The highest BCUT2D eigenvalue weighted by atomic mass is 16.5. The number of nitrogens with one attached hydrogen (secondary N) is 1. The third kappa shape index (κ3) is 6.42. The summed E-state index contributed by atoms with van der Waals surface area (Å²) in [7, 11) is 0. The first-order valence-corrected chi connectivity index (χ1v) is 13.3. The van der Waals surface area contributed by atoms with Crippen LogP contribution in [0, 0.1) is 0 Å². The van der Waals surface area contributed by atoms with Crippen molar-refractivity contribution in [3.05, 3.63) is 119 Å². The van der Waals surface area contributed by atoms with Crippen molar-refractivity contribution in [3.63, 3.8) is 0 Å². The summed E-state index contributed by atoms with van der Waals surface area (Å²) in [6.07, 6.45) is 1.39. The van der Waals surface area contributed by atoms with Crippen molar-refractivity contribution in [3.8, 4) is 23.0 Å². The van der Waals surface area contributed by atoms with Gasteiger partial charge in [-0.2, -0.15) is 0 Å². The molecule has 0 saturated carbocycles. The number of benzene rings is 4. The minimum atomic E-state index is -0.876. The van der Waals surface area contributed by atoms with Gasteiger partial charge in [0, 0.05) is 5.56 Å². The number of nitrogens with zero attached hydrogens (tertiary/aromatic N) is 1. The van der Waals surface area contributed by atoms with Gasteiger partial charge in [0.05, 0.1) is 12.3 Å². The summed E-state index contributed by atoms with van der Waals surface area (Å²) in [5.41, 5.74) is 2.31. The van der Waals surface area contributed by atoms with Crippen LogP contribution in [0.25, 0.3) is 6.08 Å². The van der Waals surface area contributed by atoms with E-state index in [0.717, 1.165) is 16.0 Å². The van der Waals surface area contributed by atoms with Crippen LogP contribution in [0.3, 0.4) is 0 Å². The maximum atomic E-state index is 13.2. The second-order valence-electron chi connectivity index (χ2n) is 9.29. The number of hydrogen-bond donors (Lipinski definition) is 2. The molecule has 1 heterocycles. The van der Waals surface area contributed by atoms with E-state index in [2.05, 4.69) is 5.32 Å². The lowest BCUT2D eigenvalue weighted by atomic mass is 10.1. The fraction of sp³-hybridized carbons (Fsp3) is 0.121. The summed E-state index contributed by atoms with van der Waals surface area (Å²) in [6, 6.07) is 27.0. The predicted molar refractivity (Wildman–Crippen MR) is 156 cm³/mol. The molecule has 0 aromatic heterocycles. The number of imide groups is 2. The molecule has 4 aromatic rings. The number of barbiturate groups is 1. The summed E-state index contributed by atoms with van der Waals surface area (Å²) < 4.78 is 17.9. The van der Waals surface area contributed by atoms with Gasteiger partial charge in [-0.15, -0.1) is 0 Å². The Morgan fingerprint density at radius 3 is 2.19 bits per heavy atom. The van der Waals surface area contributed by atoms with E-state index in [4.69, 9.17) is 14.2 Å². The molecule has 0 unspecified atom stereocenters. The van der Waals surface area contributed by atoms with Gasteiger partial charge in [0.15, 0.2) is 11.5 Å². The Bertz CT molecular complexity index is 1630. The third-order valence-electron chi connectivity index (χ3n) is 6.37. The van der Waals surface area contributed by atoms with Crippen LogP contribution in [0.4, 0.5) is 10.5 Å². The van der Waals surface area contributed by atoms with Crippen LogP contribution in [0.15, 0.2) is 103 Å². The minimum absolute atomic E-state index is 0.0238. The first-order chi connectivity index (χ1) is 20.4. The normalized spacial score (nSPS) is 14.1. The fourth-order valence-electron chi connectivity index (χ4n) is 4.31. The van der Waals surface area contributed by atoms with E-state index >= 15 is 0 Å². The predicted octanol–water partition coefficient (Wildman–Crippen LogP) is 5.62. The first-order valence-electron chi connectivity index (χ1n) is 13.3. The molecule has 212 valence electrons. The number of hydrogen-bond acceptors (Lipinski definition) is 7. The van der Waals surface area contributed by atoms with Gasteiger partial charge in [-0.25, -0.2) is 9.69 Å². The molecular formula is C33H28N2O7. The Morgan fingerprint density at radius 1 is 0.738 bits per heavy atom. The summed E-state index contributed by atoms with van der Waals surface area (Å²) in [4.78, 5) is 39.2. The SMILES string of the molecule is CCOc1cc(COc2ccccc2/C=C2/C(=O)NC(=O)N(c3ccc(O)cc3)C2=O)ccc1OCc1ccccc1. The van der Waals surface area contributed by atoms with Crippen molar-refractivity contribution in [2.24, 2.45) is 0 Å². The Labute approximate surface area is 242 Å². The van der Waals surface area contributed by atoms with Crippen LogP contribution in [0.1, 0.15) is 23.6 Å². The van der Waals surface area contributed by atoms with Crippen molar-refractivity contribution in [1.29, 1.82) is 0 Å². The lowest BCUT2D eigenvalue weighted by molar-refractivity contribution is -0.122. The van der Waals surface area contributed by atoms with Gasteiger partial charge < -0.3 is 19.3 Å². The molecule has 42 heavy (non-hydrogen) atoms. The molecule has 4 amide bonds. The summed E-state index contributed by atoms with van der Waals surface area (Å²) >= 11 is 0. The number of phenols is 1. The molecule has 1 aliphatic heterocycles. The van der Waals surface area contributed by atoms with Gasteiger partial charge in [-0.3, -0.25) is 14.9 Å². The molecule has 5 rings (SSSR count). The minimum Gasteiger partial charge on any atom is -0.508 e. The van der Waals surface area contributed by atoms with E-state index in [1.165, 1.54) is 30.3 Å². The highest BCUT2D eigenvalue weighted by Gasteiger charge is 2.37. The van der Waals surface area contributed by atoms with Gasteiger partial charge in [0.25, 0.3) is 11.8 Å². The van der Waals surface area contributed by atoms with Gasteiger partial charge >= 0.3 is 6.03 Å². The lowest BCUT2D eigenvalue weighted by Crippen LogP contribution is -2.54. The van der Waals surface area contributed by atoms with E-state index in [1.807, 2.05) is 55.5 Å². The van der Waals surface area contributed by atoms with Crippen LogP contribution in [0.2, 0.25) is 0 Å². The van der Waals surface area contributed by atoms with Gasteiger partial charge in [-0.1, -0.05) is 54.6 Å². The van der Waals surface area contributed by atoms with Crippen molar-refractivity contribution in [2.75, 3.05) is 11.5 Å². The molecule has 9 nitrogen and oxygen atoms in total. The van der Waals surface area contributed by atoms with Crippen molar-refractivity contribution >= 4 is 29.6 Å². The molecule has 1 fully saturated rings. The summed E-state index contributed by atoms with van der Waals surface area (Å²) in [6.45, 7) is 2.94. The first kappa shape index (κ1) is 28.0. The largest absolute Gasteiger partial charge is 0.508 e. The quantitative estimate of drug-likeness (QED) is 0.190.